The van der Waals surface area contributed by atoms with Crippen LogP contribution >= 0.6 is 15.9 Å². The van der Waals surface area contributed by atoms with Gasteiger partial charge in [-0.25, -0.2) is 0 Å². The van der Waals surface area contributed by atoms with Gasteiger partial charge in [-0.2, -0.15) is 5.26 Å². The SMILES string of the molecule is CCOC(=O)Cc1cccc(Br)c1C#N. The lowest BCUT2D eigenvalue weighted by atomic mass is 10.1. The number of hydrogen-bond acceptors (Lipinski definition) is 3. The molecule has 0 radical (unpaired) electrons. The molecule has 0 aliphatic carbocycles. The van der Waals surface area contributed by atoms with Gasteiger partial charge in [0.2, 0.25) is 0 Å². The monoisotopic (exact) mass is 267 g/mol. The Hall–Kier alpha value is -1.34. The third kappa shape index (κ3) is 3.07. The molecule has 1 aromatic rings. The summed E-state index contributed by atoms with van der Waals surface area (Å²) in [6, 6.07) is 7.37. The van der Waals surface area contributed by atoms with E-state index in [-0.39, 0.29) is 12.4 Å². The lowest BCUT2D eigenvalue weighted by molar-refractivity contribution is -0.142. The van der Waals surface area contributed by atoms with Crippen molar-refractivity contribution in [3.05, 3.63) is 33.8 Å². The fraction of sp³-hybridized carbons (Fsp3) is 0.273. The van der Waals surface area contributed by atoms with Crippen molar-refractivity contribution >= 4 is 21.9 Å². The number of ether oxygens (including phenoxy) is 1. The molecule has 0 atom stereocenters. The van der Waals surface area contributed by atoms with Crippen LogP contribution in [0.5, 0.6) is 0 Å². The third-order valence-electron chi connectivity index (χ3n) is 1.85. The lowest BCUT2D eigenvalue weighted by Gasteiger charge is -2.04. The fourth-order valence-corrected chi connectivity index (χ4v) is 1.70. The maximum Gasteiger partial charge on any atom is 0.310 e. The van der Waals surface area contributed by atoms with Crippen LogP contribution in [0, 0.1) is 11.3 Å². The average Bonchev–Trinajstić information content (AvgIpc) is 2.18. The molecule has 0 amide bonds. The van der Waals surface area contributed by atoms with E-state index >= 15 is 0 Å². The molecular weight excluding hydrogens is 258 g/mol. The summed E-state index contributed by atoms with van der Waals surface area (Å²) in [5.74, 6) is -0.313. The fourth-order valence-electron chi connectivity index (χ4n) is 1.21. The molecule has 0 N–H and O–H groups in total. The Bertz CT molecular complexity index is 410. The van der Waals surface area contributed by atoms with Crippen molar-refractivity contribution in [3.8, 4) is 6.07 Å². The van der Waals surface area contributed by atoms with Crippen molar-refractivity contribution < 1.29 is 9.53 Å². The summed E-state index contributed by atoms with van der Waals surface area (Å²) in [5.41, 5.74) is 1.18. The molecule has 0 unspecified atom stereocenters. The Kier molecular flexibility index (Phi) is 4.32. The van der Waals surface area contributed by atoms with Crippen LogP contribution in [0.25, 0.3) is 0 Å². The normalized spacial score (nSPS) is 9.40. The van der Waals surface area contributed by atoms with Gasteiger partial charge in [-0.1, -0.05) is 12.1 Å². The smallest absolute Gasteiger partial charge is 0.310 e. The van der Waals surface area contributed by atoms with Crippen molar-refractivity contribution in [2.45, 2.75) is 13.3 Å². The van der Waals surface area contributed by atoms with Gasteiger partial charge < -0.3 is 4.74 Å². The first-order valence-electron chi connectivity index (χ1n) is 4.52. The number of benzene rings is 1. The van der Waals surface area contributed by atoms with Crippen LogP contribution in [0.3, 0.4) is 0 Å². The van der Waals surface area contributed by atoms with E-state index in [1.165, 1.54) is 0 Å². The Morgan fingerprint density at radius 2 is 2.33 bits per heavy atom. The largest absolute Gasteiger partial charge is 0.466 e. The number of esters is 1. The molecule has 0 bridgehead atoms. The second-order valence-corrected chi connectivity index (χ2v) is 3.72. The average molecular weight is 268 g/mol. The van der Waals surface area contributed by atoms with E-state index in [9.17, 15) is 4.79 Å². The van der Waals surface area contributed by atoms with Gasteiger partial charge in [-0.15, -0.1) is 0 Å². The summed E-state index contributed by atoms with van der Waals surface area (Å²) in [6.07, 6.45) is 0.135. The van der Waals surface area contributed by atoms with E-state index in [2.05, 4.69) is 22.0 Å². The van der Waals surface area contributed by atoms with Crippen LogP contribution in [-0.2, 0) is 16.0 Å². The standard InChI is InChI=1S/C11H10BrNO2/c1-2-15-11(14)6-8-4-3-5-10(12)9(8)7-13/h3-5H,2,6H2,1H3. The quantitative estimate of drug-likeness (QED) is 0.791. The minimum Gasteiger partial charge on any atom is -0.466 e. The summed E-state index contributed by atoms with van der Waals surface area (Å²) < 4.78 is 5.52. The number of carbonyl (C=O) groups is 1. The Morgan fingerprint density at radius 1 is 1.60 bits per heavy atom. The van der Waals surface area contributed by atoms with E-state index in [0.29, 0.717) is 22.2 Å². The van der Waals surface area contributed by atoms with Crippen LogP contribution in [-0.4, -0.2) is 12.6 Å². The first-order valence-corrected chi connectivity index (χ1v) is 5.31. The number of rotatable bonds is 3. The van der Waals surface area contributed by atoms with E-state index in [4.69, 9.17) is 10.00 Å². The summed E-state index contributed by atoms with van der Waals surface area (Å²) in [4.78, 5) is 11.2. The molecule has 3 nitrogen and oxygen atoms in total. The minimum absolute atomic E-state index is 0.135. The first kappa shape index (κ1) is 11.7. The van der Waals surface area contributed by atoms with Gasteiger partial charge in [0, 0.05) is 4.47 Å². The van der Waals surface area contributed by atoms with Gasteiger partial charge in [0.1, 0.15) is 6.07 Å². The molecule has 0 spiro atoms. The highest BCUT2D eigenvalue weighted by Gasteiger charge is 2.10. The number of carbonyl (C=O) groups excluding carboxylic acids is 1. The van der Waals surface area contributed by atoms with Gasteiger partial charge in [0.05, 0.1) is 18.6 Å². The Morgan fingerprint density at radius 3 is 2.93 bits per heavy atom. The maximum atomic E-state index is 11.2. The molecule has 4 heteroatoms. The molecule has 0 aromatic heterocycles. The van der Waals surface area contributed by atoms with E-state index in [0.717, 1.165) is 0 Å². The summed E-state index contributed by atoms with van der Waals surface area (Å²) in [6.45, 7) is 2.11. The predicted octanol–water partition coefficient (Wildman–Crippen LogP) is 2.43. The van der Waals surface area contributed by atoms with Gasteiger partial charge in [0.15, 0.2) is 0 Å². The molecule has 0 aliphatic heterocycles. The van der Waals surface area contributed by atoms with Crippen LogP contribution in [0.2, 0.25) is 0 Å². The van der Waals surface area contributed by atoms with Gasteiger partial charge >= 0.3 is 5.97 Å². The second kappa shape index (κ2) is 5.52. The summed E-state index contributed by atoms with van der Waals surface area (Å²) in [7, 11) is 0. The molecule has 15 heavy (non-hydrogen) atoms. The predicted molar refractivity (Wildman–Crippen MR) is 59.2 cm³/mol. The minimum atomic E-state index is -0.313. The van der Waals surface area contributed by atoms with Crippen molar-refractivity contribution in [3.63, 3.8) is 0 Å². The molecule has 0 heterocycles. The Labute approximate surface area is 96.8 Å². The van der Waals surface area contributed by atoms with Crippen molar-refractivity contribution in [2.24, 2.45) is 0 Å². The van der Waals surface area contributed by atoms with Crippen LogP contribution in [0.4, 0.5) is 0 Å². The number of nitrogens with zero attached hydrogens (tertiary/aromatic N) is 1. The topological polar surface area (TPSA) is 50.1 Å². The molecule has 0 aliphatic rings. The second-order valence-electron chi connectivity index (χ2n) is 2.87. The highest BCUT2D eigenvalue weighted by Crippen LogP contribution is 2.20. The van der Waals surface area contributed by atoms with Crippen molar-refractivity contribution in [1.29, 1.82) is 5.26 Å². The highest BCUT2D eigenvalue weighted by atomic mass is 79.9. The summed E-state index contributed by atoms with van der Waals surface area (Å²) in [5, 5.41) is 8.91. The lowest BCUT2D eigenvalue weighted by Crippen LogP contribution is -2.08. The van der Waals surface area contributed by atoms with Crippen LogP contribution in [0.15, 0.2) is 22.7 Å². The van der Waals surface area contributed by atoms with E-state index in [1.54, 1.807) is 25.1 Å². The number of hydrogen-bond donors (Lipinski definition) is 0. The molecule has 0 saturated carbocycles. The molecule has 0 saturated heterocycles. The number of nitriles is 1. The van der Waals surface area contributed by atoms with Crippen LogP contribution in [0.1, 0.15) is 18.1 Å². The molecular formula is C11H10BrNO2. The first-order chi connectivity index (χ1) is 7.19. The molecule has 0 fully saturated rings. The maximum absolute atomic E-state index is 11.2. The third-order valence-corrected chi connectivity index (χ3v) is 2.51. The van der Waals surface area contributed by atoms with Gasteiger partial charge in [-0.3, -0.25) is 4.79 Å². The molecule has 1 aromatic carbocycles. The zero-order valence-corrected chi connectivity index (χ0v) is 9.87. The van der Waals surface area contributed by atoms with Crippen molar-refractivity contribution in [1.82, 2.24) is 0 Å². The highest BCUT2D eigenvalue weighted by molar-refractivity contribution is 9.10. The Balaban J connectivity index is 2.91. The zero-order chi connectivity index (χ0) is 11.3. The molecule has 1 rings (SSSR count). The van der Waals surface area contributed by atoms with Crippen molar-refractivity contribution in [2.75, 3.05) is 6.61 Å². The van der Waals surface area contributed by atoms with Gasteiger partial charge in [0.25, 0.3) is 0 Å². The molecule has 78 valence electrons. The van der Waals surface area contributed by atoms with E-state index in [1.807, 2.05) is 0 Å². The van der Waals surface area contributed by atoms with Gasteiger partial charge in [-0.05, 0) is 34.5 Å². The number of halogens is 1. The summed E-state index contributed by atoms with van der Waals surface area (Å²) >= 11 is 3.26. The zero-order valence-electron chi connectivity index (χ0n) is 8.29. The van der Waals surface area contributed by atoms with E-state index < -0.39 is 0 Å². The van der Waals surface area contributed by atoms with Crippen LogP contribution < -0.4 is 0 Å².